The van der Waals surface area contributed by atoms with Crippen LogP contribution in [0.2, 0.25) is 0 Å². The van der Waals surface area contributed by atoms with Crippen molar-refractivity contribution < 1.29 is 98.9 Å². The van der Waals surface area contributed by atoms with Crippen molar-refractivity contribution in [2.45, 2.75) is 143 Å². The summed E-state index contributed by atoms with van der Waals surface area (Å²) in [7, 11) is 0. The zero-order valence-corrected chi connectivity index (χ0v) is 28.0. The quantitative estimate of drug-likeness (QED) is 0.0881. The molecule has 22 heteroatoms. The Morgan fingerprint density at radius 3 is 1.43 bits per heavy atom. The largest absolute Gasteiger partial charge is 0.394 e. The van der Waals surface area contributed by atoms with E-state index in [4.69, 9.17) is 33.2 Å². The Hall–Kier alpha value is -1.78. The lowest BCUT2D eigenvalue weighted by Gasteiger charge is -2.50. The van der Waals surface area contributed by atoms with Gasteiger partial charge in [-0.25, -0.2) is 0 Å². The van der Waals surface area contributed by atoms with E-state index in [1.165, 1.54) is 6.92 Å². The summed E-state index contributed by atoms with van der Waals surface area (Å²) in [6, 6.07) is -2.54. The normalized spacial score (nSPS) is 47.8. The molecule has 0 bridgehead atoms. The van der Waals surface area contributed by atoms with Crippen molar-refractivity contribution in [3.05, 3.63) is 0 Å². The van der Waals surface area contributed by atoms with E-state index in [-0.39, 0.29) is 0 Å². The molecule has 8 unspecified atom stereocenters. The smallest absolute Gasteiger partial charge is 0.217 e. The molecular weight excluding hydrogens is 696 g/mol. The van der Waals surface area contributed by atoms with Gasteiger partial charge in [-0.15, -0.1) is 0 Å². The molecule has 0 saturated carbocycles. The number of carbonyl (C=O) groups excluding carboxylic acids is 2. The van der Waals surface area contributed by atoms with E-state index in [9.17, 15) is 65.8 Å². The van der Waals surface area contributed by atoms with Gasteiger partial charge < -0.3 is 100.0 Å². The van der Waals surface area contributed by atoms with Gasteiger partial charge in [0.15, 0.2) is 18.9 Å². The summed E-state index contributed by atoms with van der Waals surface area (Å²) in [4.78, 5) is 24.0. The third kappa shape index (κ3) is 9.13. The highest BCUT2D eigenvalue weighted by Crippen LogP contribution is 2.34. The van der Waals surface area contributed by atoms with Gasteiger partial charge in [-0.1, -0.05) is 0 Å². The number of rotatable bonds is 12. The Morgan fingerprint density at radius 1 is 0.490 bits per heavy atom. The maximum absolute atomic E-state index is 12.3. The summed E-state index contributed by atoms with van der Waals surface area (Å²) < 4.78 is 39.8. The molecule has 0 radical (unpaired) electrons. The molecule has 4 saturated heterocycles. The van der Waals surface area contributed by atoms with E-state index in [0.717, 1.165) is 6.92 Å². The van der Waals surface area contributed by atoms with Gasteiger partial charge in [0, 0.05) is 13.8 Å². The van der Waals surface area contributed by atoms with Crippen LogP contribution < -0.4 is 10.6 Å². The van der Waals surface area contributed by atoms with Crippen molar-refractivity contribution in [2.24, 2.45) is 0 Å². The average Bonchev–Trinajstić information content (AvgIpc) is 3.09. The molecule has 0 spiro atoms. The Balaban J connectivity index is 1.56. The first kappa shape index (κ1) is 42.0. The molecule has 0 aromatic heterocycles. The van der Waals surface area contributed by atoms with E-state index >= 15 is 0 Å². The van der Waals surface area contributed by atoms with E-state index in [1.807, 2.05) is 0 Å². The number of nitrogens with one attached hydrogen (secondary N) is 2. The van der Waals surface area contributed by atoms with Crippen LogP contribution in [0.5, 0.6) is 0 Å². The number of aliphatic hydroxyl groups excluding tert-OH is 11. The van der Waals surface area contributed by atoms with Crippen LogP contribution in [-0.2, 0) is 42.7 Å². The van der Waals surface area contributed by atoms with Crippen LogP contribution in [0.1, 0.15) is 20.8 Å². The second-order valence-electron chi connectivity index (χ2n) is 12.9. The fraction of sp³-hybridized carbons (Fsp3) is 0.931. The molecule has 0 aromatic carbocycles. The predicted molar refractivity (Wildman–Crippen MR) is 161 cm³/mol. The van der Waals surface area contributed by atoms with Crippen molar-refractivity contribution in [2.75, 3.05) is 26.4 Å². The molecule has 4 heterocycles. The fourth-order valence-electron chi connectivity index (χ4n) is 6.60. The fourth-order valence-corrected chi connectivity index (χ4v) is 6.60. The second-order valence-corrected chi connectivity index (χ2v) is 12.9. The molecule has 4 fully saturated rings. The molecule has 13 N–H and O–H groups in total. The Morgan fingerprint density at radius 2 is 0.902 bits per heavy atom. The summed E-state index contributed by atoms with van der Waals surface area (Å²) in [6.45, 7) is 0.642. The van der Waals surface area contributed by atoms with Crippen LogP contribution in [0.15, 0.2) is 0 Å². The number of aliphatic hydroxyl groups is 11. The summed E-state index contributed by atoms with van der Waals surface area (Å²) in [6.07, 6.45) is -29.4. The van der Waals surface area contributed by atoms with Crippen LogP contribution in [0.3, 0.4) is 0 Å². The molecule has 22 nitrogen and oxygen atoms in total. The van der Waals surface area contributed by atoms with Gasteiger partial charge in [0.1, 0.15) is 91.5 Å². The molecule has 4 aliphatic heterocycles. The lowest BCUT2D eigenvalue weighted by atomic mass is 9.92. The number of amides is 2. The maximum Gasteiger partial charge on any atom is 0.217 e. The van der Waals surface area contributed by atoms with Crippen LogP contribution in [0, 0.1) is 0 Å². The van der Waals surface area contributed by atoms with Gasteiger partial charge in [0.05, 0.1) is 38.6 Å². The summed E-state index contributed by atoms with van der Waals surface area (Å²) in [5, 5.41) is 120. The van der Waals surface area contributed by atoms with E-state index in [0.29, 0.717) is 0 Å². The topological polar surface area (TPSA) is 345 Å². The number of carbonyl (C=O) groups is 2. The first-order valence-corrected chi connectivity index (χ1v) is 16.4. The van der Waals surface area contributed by atoms with Crippen LogP contribution in [-0.4, -0.2) is 217 Å². The highest BCUT2D eigenvalue weighted by atomic mass is 16.8. The SMILES string of the molecule is CC(=O)NC1[C@H](O[C@@H]2C(CO)O[C@@H](C)C(NC(C)=O)[C@H]2O)OC(CO)[C@@H](O[C@@H]2OC(CO)[C@@H](O)[C@H](O[C@H]3O[C@H](CO)[C@@H](O)C(O)C3O)C2O)[C@@H]1O. The Labute approximate surface area is 291 Å². The van der Waals surface area contributed by atoms with Crippen molar-refractivity contribution in [1.82, 2.24) is 10.6 Å². The van der Waals surface area contributed by atoms with Gasteiger partial charge in [0.25, 0.3) is 0 Å². The summed E-state index contributed by atoms with van der Waals surface area (Å²) in [5.74, 6) is -1.20. The number of hydrogen-bond donors (Lipinski definition) is 13. The second kappa shape index (κ2) is 18.0. The van der Waals surface area contributed by atoms with Crippen LogP contribution in [0.4, 0.5) is 0 Å². The molecular formula is C29H50N2O20. The molecule has 0 aromatic rings. The standard InChI is InChI=1S/C29H50N2O20/c1-8-15(30-9(2)36)19(40)24(13(6-34)45-8)49-27-16(31-10(3)37)20(41)25(14(7-35)48-27)50-29-23(44)26(18(39)12(5-33)47-29)51-28-22(43)21(42)17(38)11(4-32)46-28/h8,11-29,32-35,38-44H,4-7H2,1-3H3,(H,30,36)(H,31,37)/t8-,11+,12?,13?,14?,15?,16?,17+,18+,19+,20+,21?,22?,23?,24+,25+,26-,27-,28+,29-/m0/s1. The minimum Gasteiger partial charge on any atom is -0.394 e. The third-order valence-corrected chi connectivity index (χ3v) is 9.28. The molecule has 0 aliphatic carbocycles. The zero-order chi connectivity index (χ0) is 37.9. The minimum atomic E-state index is -2.01. The van der Waals surface area contributed by atoms with Crippen molar-refractivity contribution >= 4 is 11.8 Å². The molecule has 2 amide bonds. The van der Waals surface area contributed by atoms with Gasteiger partial charge >= 0.3 is 0 Å². The average molecular weight is 747 g/mol. The molecule has 296 valence electrons. The third-order valence-electron chi connectivity index (χ3n) is 9.28. The molecule has 20 atom stereocenters. The van der Waals surface area contributed by atoms with Crippen molar-refractivity contribution in [3.8, 4) is 0 Å². The molecule has 4 rings (SSSR count). The van der Waals surface area contributed by atoms with Gasteiger partial charge in [0.2, 0.25) is 11.8 Å². The Bertz CT molecular complexity index is 1140. The first-order chi connectivity index (χ1) is 24.1. The van der Waals surface area contributed by atoms with Gasteiger partial charge in [-0.2, -0.15) is 0 Å². The van der Waals surface area contributed by atoms with Crippen LogP contribution >= 0.6 is 0 Å². The highest BCUT2D eigenvalue weighted by molar-refractivity contribution is 5.73. The van der Waals surface area contributed by atoms with E-state index in [2.05, 4.69) is 10.6 Å². The first-order valence-electron chi connectivity index (χ1n) is 16.4. The van der Waals surface area contributed by atoms with Gasteiger partial charge in [-0.3, -0.25) is 9.59 Å². The lowest BCUT2D eigenvalue weighted by molar-refractivity contribution is -0.378. The lowest BCUT2D eigenvalue weighted by Crippen LogP contribution is -2.70. The van der Waals surface area contributed by atoms with Crippen molar-refractivity contribution in [3.63, 3.8) is 0 Å². The predicted octanol–water partition coefficient (Wildman–Crippen LogP) is -8.39. The number of ether oxygens (including phenoxy) is 7. The van der Waals surface area contributed by atoms with Crippen molar-refractivity contribution in [1.29, 1.82) is 0 Å². The van der Waals surface area contributed by atoms with Crippen LogP contribution in [0.25, 0.3) is 0 Å². The summed E-state index contributed by atoms with van der Waals surface area (Å²) in [5.41, 5.74) is 0. The van der Waals surface area contributed by atoms with E-state index < -0.39 is 161 Å². The molecule has 4 aliphatic rings. The number of hydrogen-bond acceptors (Lipinski definition) is 20. The minimum absolute atomic E-state index is 0.500. The molecule has 51 heavy (non-hydrogen) atoms. The maximum atomic E-state index is 12.3. The Kier molecular flexibility index (Phi) is 14.8. The highest BCUT2D eigenvalue weighted by Gasteiger charge is 2.55. The van der Waals surface area contributed by atoms with E-state index in [1.54, 1.807) is 6.92 Å². The summed E-state index contributed by atoms with van der Waals surface area (Å²) >= 11 is 0. The zero-order valence-electron chi connectivity index (χ0n) is 28.0. The monoisotopic (exact) mass is 746 g/mol. The van der Waals surface area contributed by atoms with Gasteiger partial charge in [-0.05, 0) is 6.92 Å².